The van der Waals surface area contributed by atoms with E-state index >= 15 is 0 Å². The summed E-state index contributed by atoms with van der Waals surface area (Å²) in [5, 5.41) is 12.2. The van der Waals surface area contributed by atoms with E-state index in [0.717, 1.165) is 11.0 Å². The maximum atomic E-state index is 11.5. The van der Waals surface area contributed by atoms with Gasteiger partial charge in [0.15, 0.2) is 0 Å². The van der Waals surface area contributed by atoms with E-state index in [1.807, 2.05) is 30.3 Å². The average Bonchev–Trinajstić information content (AvgIpc) is 2.80. The number of amides is 1. The molecule has 0 unspecified atom stereocenters. The third-order valence-corrected chi connectivity index (χ3v) is 2.81. The highest BCUT2D eigenvalue weighted by Crippen LogP contribution is 2.23. The lowest BCUT2D eigenvalue weighted by atomic mass is 10.2. The fourth-order valence-corrected chi connectivity index (χ4v) is 1.82. The highest BCUT2D eigenvalue weighted by atomic mass is 16.4. The van der Waals surface area contributed by atoms with Crippen LogP contribution in [-0.2, 0) is 9.59 Å². The van der Waals surface area contributed by atoms with E-state index in [2.05, 4.69) is 5.32 Å². The Kier molecular flexibility index (Phi) is 3.85. The molecule has 0 spiro atoms. The number of carbonyl (C=O) groups is 2. The maximum Gasteiger partial charge on any atom is 0.303 e. The molecular formula is C14H15NO4. The van der Waals surface area contributed by atoms with Gasteiger partial charge in [0, 0.05) is 11.8 Å². The van der Waals surface area contributed by atoms with Crippen LogP contribution in [0.4, 0.5) is 0 Å². The minimum Gasteiger partial charge on any atom is -0.481 e. The standard InChI is InChI=1S/C14H15NO4/c1-9(15-13(16)6-7-14(17)18)12-8-10-4-2-3-5-11(10)19-12/h2-5,8-9H,6-7H2,1H3,(H,15,16)(H,17,18)/t9-/m1/s1. The topological polar surface area (TPSA) is 79.5 Å². The summed E-state index contributed by atoms with van der Waals surface area (Å²) in [4.78, 5) is 21.9. The monoisotopic (exact) mass is 261 g/mol. The first kappa shape index (κ1) is 13.1. The molecule has 2 aromatic rings. The van der Waals surface area contributed by atoms with E-state index < -0.39 is 5.97 Å². The molecule has 1 aromatic heterocycles. The number of aliphatic carboxylic acids is 1. The van der Waals surface area contributed by atoms with E-state index in [1.165, 1.54) is 0 Å². The highest BCUT2D eigenvalue weighted by molar-refractivity contribution is 5.81. The molecule has 1 heterocycles. The van der Waals surface area contributed by atoms with Crippen LogP contribution in [0.25, 0.3) is 11.0 Å². The number of furan rings is 1. The van der Waals surface area contributed by atoms with E-state index in [4.69, 9.17) is 9.52 Å². The van der Waals surface area contributed by atoms with Crippen LogP contribution in [0.5, 0.6) is 0 Å². The SMILES string of the molecule is C[C@@H](NC(=O)CCC(=O)O)c1cc2ccccc2o1. The van der Waals surface area contributed by atoms with Crippen molar-refractivity contribution in [2.75, 3.05) is 0 Å². The second-order valence-corrected chi connectivity index (χ2v) is 4.37. The first-order valence-corrected chi connectivity index (χ1v) is 6.06. The Morgan fingerprint density at radius 2 is 2.05 bits per heavy atom. The van der Waals surface area contributed by atoms with E-state index in [1.54, 1.807) is 6.92 Å². The van der Waals surface area contributed by atoms with Crippen molar-refractivity contribution in [1.82, 2.24) is 5.32 Å². The van der Waals surface area contributed by atoms with Gasteiger partial charge in [-0.1, -0.05) is 18.2 Å². The molecule has 5 heteroatoms. The number of fused-ring (bicyclic) bond motifs is 1. The largest absolute Gasteiger partial charge is 0.481 e. The zero-order valence-electron chi connectivity index (χ0n) is 10.6. The molecule has 0 fully saturated rings. The first-order chi connectivity index (χ1) is 9.06. The van der Waals surface area contributed by atoms with Gasteiger partial charge in [0.05, 0.1) is 12.5 Å². The van der Waals surface area contributed by atoms with Crippen molar-refractivity contribution in [1.29, 1.82) is 0 Å². The van der Waals surface area contributed by atoms with Crippen LogP contribution in [0.3, 0.4) is 0 Å². The predicted molar refractivity (Wildman–Crippen MR) is 69.6 cm³/mol. The minimum atomic E-state index is -0.980. The number of hydrogen-bond donors (Lipinski definition) is 2. The van der Waals surface area contributed by atoms with Crippen molar-refractivity contribution in [3.63, 3.8) is 0 Å². The van der Waals surface area contributed by atoms with Gasteiger partial charge in [-0.15, -0.1) is 0 Å². The summed E-state index contributed by atoms with van der Waals surface area (Å²) in [5.41, 5.74) is 0.768. The predicted octanol–water partition coefficient (Wildman–Crippen LogP) is 2.47. The molecule has 0 aliphatic heterocycles. The number of carboxylic acids is 1. The Morgan fingerprint density at radius 3 is 2.74 bits per heavy atom. The van der Waals surface area contributed by atoms with Gasteiger partial charge < -0.3 is 14.8 Å². The lowest BCUT2D eigenvalue weighted by Gasteiger charge is -2.10. The number of benzene rings is 1. The van der Waals surface area contributed by atoms with Crippen LogP contribution >= 0.6 is 0 Å². The molecule has 0 bridgehead atoms. The van der Waals surface area contributed by atoms with Crippen LogP contribution in [0, 0.1) is 0 Å². The molecule has 0 aliphatic rings. The molecule has 19 heavy (non-hydrogen) atoms. The van der Waals surface area contributed by atoms with Gasteiger partial charge in [0.25, 0.3) is 0 Å². The number of carboxylic acid groups (broad SMARTS) is 1. The summed E-state index contributed by atoms with van der Waals surface area (Å²) in [6.45, 7) is 1.80. The van der Waals surface area contributed by atoms with Gasteiger partial charge in [0.2, 0.25) is 5.91 Å². The summed E-state index contributed by atoms with van der Waals surface area (Å²) in [5.74, 6) is -0.619. The summed E-state index contributed by atoms with van der Waals surface area (Å²) in [6.07, 6.45) is -0.196. The Labute approximate surface area is 110 Å². The van der Waals surface area contributed by atoms with Crippen molar-refractivity contribution in [2.24, 2.45) is 0 Å². The third kappa shape index (κ3) is 3.34. The summed E-state index contributed by atoms with van der Waals surface area (Å²) >= 11 is 0. The average molecular weight is 261 g/mol. The molecule has 100 valence electrons. The fourth-order valence-electron chi connectivity index (χ4n) is 1.82. The summed E-state index contributed by atoms with van der Waals surface area (Å²) in [6, 6.07) is 9.17. The first-order valence-electron chi connectivity index (χ1n) is 6.06. The van der Waals surface area contributed by atoms with Crippen LogP contribution in [0.1, 0.15) is 31.6 Å². The molecule has 0 saturated heterocycles. The summed E-state index contributed by atoms with van der Waals surface area (Å²) < 4.78 is 5.63. The van der Waals surface area contributed by atoms with Crippen LogP contribution < -0.4 is 5.32 Å². The molecule has 0 radical (unpaired) electrons. The highest BCUT2D eigenvalue weighted by Gasteiger charge is 2.14. The Hall–Kier alpha value is -2.30. The molecule has 1 aromatic carbocycles. The second-order valence-electron chi connectivity index (χ2n) is 4.37. The van der Waals surface area contributed by atoms with Crippen molar-refractivity contribution < 1.29 is 19.1 Å². The van der Waals surface area contributed by atoms with Crippen LogP contribution in [0.2, 0.25) is 0 Å². The van der Waals surface area contributed by atoms with Crippen molar-refractivity contribution in [3.8, 4) is 0 Å². The minimum absolute atomic E-state index is 0.0279. The van der Waals surface area contributed by atoms with E-state index in [9.17, 15) is 9.59 Å². The Balaban J connectivity index is 2.01. The number of rotatable bonds is 5. The molecule has 2 N–H and O–H groups in total. The van der Waals surface area contributed by atoms with Gasteiger partial charge in [-0.3, -0.25) is 9.59 Å². The smallest absolute Gasteiger partial charge is 0.303 e. The number of para-hydroxylation sites is 1. The zero-order chi connectivity index (χ0) is 13.8. The number of hydrogen-bond acceptors (Lipinski definition) is 3. The van der Waals surface area contributed by atoms with Crippen LogP contribution in [0.15, 0.2) is 34.7 Å². The third-order valence-electron chi connectivity index (χ3n) is 2.81. The lowest BCUT2D eigenvalue weighted by Crippen LogP contribution is -2.26. The van der Waals surface area contributed by atoms with E-state index in [-0.39, 0.29) is 24.8 Å². The number of nitrogens with one attached hydrogen (secondary N) is 1. The maximum absolute atomic E-state index is 11.5. The molecule has 5 nitrogen and oxygen atoms in total. The van der Waals surface area contributed by atoms with Gasteiger partial charge in [-0.2, -0.15) is 0 Å². The lowest BCUT2D eigenvalue weighted by molar-refractivity contribution is -0.138. The van der Waals surface area contributed by atoms with Crippen LogP contribution in [-0.4, -0.2) is 17.0 Å². The Bertz CT molecular complexity index is 569. The normalized spacial score (nSPS) is 12.3. The van der Waals surface area contributed by atoms with Gasteiger partial charge in [-0.05, 0) is 19.1 Å². The van der Waals surface area contributed by atoms with E-state index in [0.29, 0.717) is 5.76 Å². The molecular weight excluding hydrogens is 246 g/mol. The molecule has 1 amide bonds. The van der Waals surface area contributed by atoms with Gasteiger partial charge in [-0.25, -0.2) is 0 Å². The molecule has 0 saturated carbocycles. The van der Waals surface area contributed by atoms with Gasteiger partial charge in [0.1, 0.15) is 11.3 Å². The quantitative estimate of drug-likeness (QED) is 0.866. The fraction of sp³-hybridized carbons (Fsp3) is 0.286. The Morgan fingerprint density at radius 1 is 1.32 bits per heavy atom. The molecule has 0 aliphatic carbocycles. The zero-order valence-corrected chi connectivity index (χ0v) is 10.6. The van der Waals surface area contributed by atoms with Crippen molar-refractivity contribution in [2.45, 2.75) is 25.8 Å². The second kappa shape index (κ2) is 5.56. The summed E-state index contributed by atoms with van der Waals surface area (Å²) in [7, 11) is 0. The van der Waals surface area contributed by atoms with Crippen molar-refractivity contribution >= 4 is 22.8 Å². The molecule has 1 atom stereocenters. The number of carbonyl (C=O) groups excluding carboxylic acids is 1. The van der Waals surface area contributed by atoms with Gasteiger partial charge >= 0.3 is 5.97 Å². The molecule has 2 rings (SSSR count). The van der Waals surface area contributed by atoms with Crippen molar-refractivity contribution in [3.05, 3.63) is 36.1 Å².